The van der Waals surface area contributed by atoms with Crippen LogP contribution in [0, 0.1) is 11.8 Å². The lowest BCUT2D eigenvalue weighted by Crippen LogP contribution is -2.50. The van der Waals surface area contributed by atoms with E-state index in [1.807, 2.05) is 6.92 Å². The lowest BCUT2D eigenvalue weighted by atomic mass is 9.88. The van der Waals surface area contributed by atoms with Gasteiger partial charge in [-0.15, -0.1) is 12.4 Å². The summed E-state index contributed by atoms with van der Waals surface area (Å²) in [5, 5.41) is 16.7. The van der Waals surface area contributed by atoms with Crippen LogP contribution in [0.4, 0.5) is 0 Å². The predicted molar refractivity (Wildman–Crippen MR) is 93.2 cm³/mol. The fraction of sp³-hybridized carbons (Fsp3) is 0.562. The number of ether oxygens (including phenoxy) is 2. The van der Waals surface area contributed by atoms with Crippen molar-refractivity contribution in [3.63, 3.8) is 0 Å². The van der Waals surface area contributed by atoms with Crippen LogP contribution in [0.25, 0.3) is 0 Å². The molecule has 1 aromatic rings. The van der Waals surface area contributed by atoms with Crippen LogP contribution in [-0.4, -0.2) is 43.9 Å². The Kier molecular flexibility index (Phi) is 6.57. The molecule has 134 valence electrons. The molecular formula is C16H22Cl2N2O4. The van der Waals surface area contributed by atoms with Crippen LogP contribution < -0.4 is 20.1 Å². The molecule has 1 saturated heterocycles. The largest absolute Gasteiger partial charge is 0.486 e. The maximum absolute atomic E-state index is 12.1. The molecule has 3 rings (SSSR count). The van der Waals surface area contributed by atoms with E-state index in [0.717, 1.165) is 13.1 Å². The van der Waals surface area contributed by atoms with Crippen LogP contribution in [0.15, 0.2) is 12.1 Å². The van der Waals surface area contributed by atoms with Gasteiger partial charge in [0, 0.05) is 12.5 Å². The van der Waals surface area contributed by atoms with Crippen LogP contribution in [0.1, 0.15) is 18.6 Å². The molecule has 8 heteroatoms. The maximum Gasteiger partial charge on any atom is 0.223 e. The van der Waals surface area contributed by atoms with Gasteiger partial charge in [-0.1, -0.05) is 18.5 Å². The number of carbonyl (C=O) groups excluding carboxylic acids is 1. The Labute approximate surface area is 152 Å². The van der Waals surface area contributed by atoms with Gasteiger partial charge in [0.25, 0.3) is 0 Å². The van der Waals surface area contributed by atoms with E-state index in [1.54, 1.807) is 12.1 Å². The third kappa shape index (κ3) is 4.06. The monoisotopic (exact) mass is 376 g/mol. The van der Waals surface area contributed by atoms with Gasteiger partial charge >= 0.3 is 0 Å². The third-order valence-electron chi connectivity index (χ3n) is 4.41. The predicted octanol–water partition coefficient (Wildman–Crippen LogP) is 1.54. The zero-order chi connectivity index (χ0) is 16.4. The van der Waals surface area contributed by atoms with Crippen molar-refractivity contribution in [1.82, 2.24) is 10.6 Å². The second-order valence-electron chi connectivity index (χ2n) is 5.99. The van der Waals surface area contributed by atoms with E-state index in [1.165, 1.54) is 0 Å². The Morgan fingerprint density at radius 3 is 2.79 bits per heavy atom. The summed E-state index contributed by atoms with van der Waals surface area (Å²) in [5.41, 5.74) is 0.595. The Balaban J connectivity index is 0.00000208. The molecule has 0 aliphatic carbocycles. The lowest BCUT2D eigenvalue weighted by molar-refractivity contribution is -0.127. The SMILES string of the molecule is CC(C(=O)NCC(O)c1cc(Cl)c2c(c1)OCCO2)C1CNC1.Cl. The fourth-order valence-electron chi connectivity index (χ4n) is 2.68. The van der Waals surface area contributed by atoms with E-state index in [4.69, 9.17) is 21.1 Å². The number of aliphatic hydroxyl groups is 1. The summed E-state index contributed by atoms with van der Waals surface area (Å²) in [6.45, 7) is 4.70. The number of aliphatic hydroxyl groups excluding tert-OH is 1. The molecule has 2 aliphatic rings. The van der Waals surface area contributed by atoms with Gasteiger partial charge in [-0.05, 0) is 36.7 Å². The number of halogens is 2. The quantitative estimate of drug-likeness (QED) is 0.726. The van der Waals surface area contributed by atoms with E-state index in [9.17, 15) is 9.90 Å². The minimum atomic E-state index is -0.848. The molecule has 2 unspecified atom stereocenters. The van der Waals surface area contributed by atoms with Gasteiger partial charge in [0.2, 0.25) is 5.91 Å². The van der Waals surface area contributed by atoms with Crippen molar-refractivity contribution in [2.45, 2.75) is 13.0 Å². The molecule has 1 amide bonds. The molecule has 24 heavy (non-hydrogen) atoms. The minimum Gasteiger partial charge on any atom is -0.486 e. The van der Waals surface area contributed by atoms with Gasteiger partial charge in [0.1, 0.15) is 13.2 Å². The van der Waals surface area contributed by atoms with Crippen LogP contribution in [0.5, 0.6) is 11.5 Å². The summed E-state index contributed by atoms with van der Waals surface area (Å²) in [6, 6.07) is 3.35. The number of carbonyl (C=O) groups is 1. The summed E-state index contributed by atoms with van der Waals surface area (Å²) in [6.07, 6.45) is -0.848. The summed E-state index contributed by atoms with van der Waals surface area (Å²) < 4.78 is 10.9. The number of benzene rings is 1. The molecule has 3 N–H and O–H groups in total. The number of hydrogen-bond acceptors (Lipinski definition) is 5. The maximum atomic E-state index is 12.1. The van der Waals surface area contributed by atoms with Crippen molar-refractivity contribution >= 4 is 29.9 Å². The normalized spacial score (nSPS) is 18.8. The van der Waals surface area contributed by atoms with E-state index in [-0.39, 0.29) is 30.8 Å². The van der Waals surface area contributed by atoms with Crippen LogP contribution in [0.3, 0.4) is 0 Å². The highest BCUT2D eigenvalue weighted by Crippen LogP contribution is 2.39. The number of hydrogen-bond donors (Lipinski definition) is 3. The fourth-order valence-corrected chi connectivity index (χ4v) is 2.95. The molecule has 1 aromatic carbocycles. The first-order chi connectivity index (χ1) is 11.1. The Hall–Kier alpha value is -1.21. The first-order valence-corrected chi connectivity index (χ1v) is 8.19. The standard InChI is InChI=1S/C16H21ClN2O4.ClH/c1-9(11-6-18-7-11)16(21)19-8-13(20)10-4-12(17)15-14(5-10)22-2-3-23-15;/h4-5,9,11,13,18,20H,2-3,6-8H2,1H3,(H,19,21);1H. The zero-order valence-electron chi connectivity index (χ0n) is 13.4. The second-order valence-corrected chi connectivity index (χ2v) is 6.40. The smallest absolute Gasteiger partial charge is 0.223 e. The molecule has 0 radical (unpaired) electrons. The number of fused-ring (bicyclic) bond motifs is 1. The number of nitrogens with one attached hydrogen (secondary N) is 2. The van der Waals surface area contributed by atoms with E-state index >= 15 is 0 Å². The van der Waals surface area contributed by atoms with Gasteiger partial charge in [-0.3, -0.25) is 4.79 Å². The van der Waals surface area contributed by atoms with E-state index in [0.29, 0.717) is 41.2 Å². The van der Waals surface area contributed by atoms with Crippen molar-refractivity contribution in [1.29, 1.82) is 0 Å². The molecular weight excluding hydrogens is 355 g/mol. The summed E-state index contributed by atoms with van der Waals surface area (Å²) >= 11 is 6.16. The number of rotatable bonds is 5. The molecule has 6 nitrogen and oxygen atoms in total. The van der Waals surface area contributed by atoms with Crippen LogP contribution >= 0.6 is 24.0 Å². The lowest BCUT2D eigenvalue weighted by Gasteiger charge is -2.32. The molecule has 0 saturated carbocycles. The molecule has 0 aromatic heterocycles. The van der Waals surface area contributed by atoms with Gasteiger partial charge in [0.05, 0.1) is 11.1 Å². The Morgan fingerprint density at radius 1 is 1.42 bits per heavy atom. The third-order valence-corrected chi connectivity index (χ3v) is 4.69. The van der Waals surface area contributed by atoms with E-state index in [2.05, 4.69) is 10.6 Å². The molecule has 0 spiro atoms. The van der Waals surface area contributed by atoms with Crippen molar-refractivity contribution < 1.29 is 19.4 Å². The van der Waals surface area contributed by atoms with Crippen molar-refractivity contribution in [3.8, 4) is 11.5 Å². The first kappa shape index (κ1) is 19.1. The number of amides is 1. The molecule has 2 heterocycles. The summed E-state index contributed by atoms with van der Waals surface area (Å²) in [7, 11) is 0. The molecule has 1 fully saturated rings. The Bertz CT molecular complexity index is 596. The first-order valence-electron chi connectivity index (χ1n) is 7.82. The van der Waals surface area contributed by atoms with Gasteiger partial charge in [-0.25, -0.2) is 0 Å². The highest BCUT2D eigenvalue weighted by Gasteiger charge is 2.29. The summed E-state index contributed by atoms with van der Waals surface area (Å²) in [4.78, 5) is 12.1. The van der Waals surface area contributed by atoms with Crippen LogP contribution in [0.2, 0.25) is 5.02 Å². The average Bonchev–Trinajstić information content (AvgIpc) is 2.50. The summed E-state index contributed by atoms with van der Waals surface area (Å²) in [5.74, 6) is 1.30. The molecule has 0 bridgehead atoms. The van der Waals surface area contributed by atoms with Crippen molar-refractivity contribution in [2.24, 2.45) is 11.8 Å². The minimum absolute atomic E-state index is 0. The van der Waals surface area contributed by atoms with Crippen molar-refractivity contribution in [2.75, 3.05) is 32.8 Å². The second kappa shape index (κ2) is 8.25. The highest BCUT2D eigenvalue weighted by atomic mass is 35.5. The van der Waals surface area contributed by atoms with Crippen molar-refractivity contribution in [3.05, 3.63) is 22.7 Å². The van der Waals surface area contributed by atoms with Gasteiger partial charge in [-0.2, -0.15) is 0 Å². The van der Waals surface area contributed by atoms with Gasteiger partial charge in [0.15, 0.2) is 11.5 Å². The molecule has 2 atom stereocenters. The highest BCUT2D eigenvalue weighted by molar-refractivity contribution is 6.32. The van der Waals surface area contributed by atoms with Gasteiger partial charge < -0.3 is 25.2 Å². The Morgan fingerprint density at radius 2 is 2.12 bits per heavy atom. The molecule has 2 aliphatic heterocycles. The van der Waals surface area contributed by atoms with Crippen LogP contribution in [-0.2, 0) is 4.79 Å². The average molecular weight is 377 g/mol. The zero-order valence-corrected chi connectivity index (χ0v) is 15.0. The topological polar surface area (TPSA) is 79.8 Å². The van der Waals surface area contributed by atoms with E-state index < -0.39 is 6.10 Å².